The van der Waals surface area contributed by atoms with Gasteiger partial charge in [0, 0.05) is 39.8 Å². The molecule has 1 aliphatic carbocycles. The third-order valence-electron chi connectivity index (χ3n) is 5.62. The highest BCUT2D eigenvalue weighted by molar-refractivity contribution is 5.66. The highest BCUT2D eigenvalue weighted by atomic mass is 16.6. The number of hydrogen-bond acceptors (Lipinski definition) is 4. The van der Waals surface area contributed by atoms with Gasteiger partial charge in [0.05, 0.1) is 0 Å². The van der Waals surface area contributed by atoms with Crippen molar-refractivity contribution in [3.05, 3.63) is 34.9 Å². The van der Waals surface area contributed by atoms with Crippen molar-refractivity contribution in [1.29, 1.82) is 0 Å². The van der Waals surface area contributed by atoms with Gasteiger partial charge in [0.25, 0.3) is 0 Å². The van der Waals surface area contributed by atoms with Crippen LogP contribution in [0.3, 0.4) is 0 Å². The summed E-state index contributed by atoms with van der Waals surface area (Å²) in [5.41, 5.74) is 8.85. The number of ether oxygens (including phenoxy) is 3. The van der Waals surface area contributed by atoms with Crippen molar-refractivity contribution < 1.29 is 19.0 Å². The molecule has 1 aromatic rings. The SMILES string of the molecule is COCCCc1cc(CCCOC)cc(CC2(OC(N)=O)CC2C(C)(C)C)c1. The summed E-state index contributed by atoms with van der Waals surface area (Å²) in [5.74, 6) is 0.321. The van der Waals surface area contributed by atoms with E-state index in [9.17, 15) is 4.79 Å². The molecule has 0 spiro atoms. The van der Waals surface area contributed by atoms with Crippen LogP contribution in [0.2, 0.25) is 0 Å². The van der Waals surface area contributed by atoms with Gasteiger partial charge in [-0.15, -0.1) is 0 Å². The lowest BCUT2D eigenvalue weighted by Crippen LogP contribution is -2.31. The number of hydrogen-bond donors (Lipinski definition) is 1. The molecule has 5 nitrogen and oxygen atoms in total. The van der Waals surface area contributed by atoms with Crippen LogP contribution in [0.4, 0.5) is 4.79 Å². The summed E-state index contributed by atoms with van der Waals surface area (Å²) in [6.45, 7) is 8.09. The third kappa shape index (κ3) is 6.49. The van der Waals surface area contributed by atoms with E-state index in [-0.39, 0.29) is 5.41 Å². The molecule has 2 atom stereocenters. The number of aryl methyl sites for hydroxylation is 2. The first-order valence-corrected chi connectivity index (χ1v) is 10.3. The second-order valence-electron chi connectivity index (χ2n) is 9.14. The Kier molecular flexibility index (Phi) is 7.90. The van der Waals surface area contributed by atoms with E-state index < -0.39 is 11.7 Å². The highest BCUT2D eigenvalue weighted by Crippen LogP contribution is 2.58. The van der Waals surface area contributed by atoms with Crippen LogP contribution in [-0.4, -0.2) is 39.1 Å². The summed E-state index contributed by atoms with van der Waals surface area (Å²) in [5, 5.41) is 0. The Labute approximate surface area is 169 Å². The summed E-state index contributed by atoms with van der Waals surface area (Å²) < 4.78 is 16.1. The lowest BCUT2D eigenvalue weighted by Gasteiger charge is -2.25. The molecule has 28 heavy (non-hydrogen) atoms. The fraction of sp³-hybridized carbons (Fsp3) is 0.696. The zero-order valence-electron chi connectivity index (χ0n) is 18.2. The van der Waals surface area contributed by atoms with Gasteiger partial charge < -0.3 is 19.9 Å². The number of rotatable bonds is 11. The zero-order valence-corrected chi connectivity index (χ0v) is 18.2. The number of carbonyl (C=O) groups excluding carboxylic acids is 1. The van der Waals surface area contributed by atoms with Crippen LogP contribution in [0.1, 0.15) is 56.7 Å². The Morgan fingerprint density at radius 3 is 1.93 bits per heavy atom. The molecule has 0 heterocycles. The summed E-state index contributed by atoms with van der Waals surface area (Å²) in [4.78, 5) is 11.6. The van der Waals surface area contributed by atoms with Crippen molar-refractivity contribution in [2.75, 3.05) is 27.4 Å². The average molecular weight is 392 g/mol. The number of carbonyl (C=O) groups is 1. The van der Waals surface area contributed by atoms with E-state index in [1.165, 1.54) is 16.7 Å². The van der Waals surface area contributed by atoms with E-state index in [2.05, 4.69) is 39.0 Å². The first-order valence-electron chi connectivity index (χ1n) is 10.3. The maximum absolute atomic E-state index is 11.6. The number of primary amides is 1. The molecule has 2 unspecified atom stereocenters. The predicted molar refractivity (Wildman–Crippen MR) is 112 cm³/mol. The lowest BCUT2D eigenvalue weighted by atomic mass is 9.86. The zero-order chi connectivity index (χ0) is 20.8. The van der Waals surface area contributed by atoms with Crippen molar-refractivity contribution in [2.45, 2.75) is 64.9 Å². The van der Waals surface area contributed by atoms with Gasteiger partial charge in [-0.05, 0) is 54.2 Å². The number of benzene rings is 1. The van der Waals surface area contributed by atoms with E-state index in [4.69, 9.17) is 19.9 Å². The van der Waals surface area contributed by atoms with Gasteiger partial charge in [-0.1, -0.05) is 39.0 Å². The Bertz CT molecular complexity index is 624. The highest BCUT2D eigenvalue weighted by Gasteiger charge is 2.62. The molecule has 0 bridgehead atoms. The fourth-order valence-electron chi connectivity index (χ4n) is 4.34. The van der Waals surface area contributed by atoms with Gasteiger partial charge in [0.1, 0.15) is 5.60 Å². The van der Waals surface area contributed by atoms with Crippen molar-refractivity contribution >= 4 is 6.09 Å². The van der Waals surface area contributed by atoms with E-state index in [1.54, 1.807) is 14.2 Å². The maximum Gasteiger partial charge on any atom is 0.405 e. The molecule has 0 radical (unpaired) electrons. The number of amides is 1. The molecule has 0 aliphatic heterocycles. The first-order chi connectivity index (χ1) is 13.2. The summed E-state index contributed by atoms with van der Waals surface area (Å²) >= 11 is 0. The van der Waals surface area contributed by atoms with Gasteiger partial charge in [-0.3, -0.25) is 0 Å². The molecule has 1 amide bonds. The van der Waals surface area contributed by atoms with E-state index in [0.717, 1.165) is 45.3 Å². The summed E-state index contributed by atoms with van der Waals surface area (Å²) in [6.07, 6.45) is 4.84. The minimum absolute atomic E-state index is 0.0762. The van der Waals surface area contributed by atoms with Gasteiger partial charge in [0.15, 0.2) is 0 Å². The van der Waals surface area contributed by atoms with Crippen LogP contribution in [-0.2, 0) is 33.5 Å². The van der Waals surface area contributed by atoms with Crippen LogP contribution in [0.25, 0.3) is 0 Å². The van der Waals surface area contributed by atoms with Crippen molar-refractivity contribution in [1.82, 2.24) is 0 Å². The number of methoxy groups -OCH3 is 2. The molecule has 1 saturated carbocycles. The normalized spacial score (nSPS) is 21.5. The van der Waals surface area contributed by atoms with Crippen LogP contribution in [0, 0.1) is 11.3 Å². The Morgan fingerprint density at radius 1 is 1.04 bits per heavy atom. The molecule has 5 heteroatoms. The molecule has 158 valence electrons. The summed E-state index contributed by atoms with van der Waals surface area (Å²) in [7, 11) is 3.47. The van der Waals surface area contributed by atoms with Crippen LogP contribution in [0.5, 0.6) is 0 Å². The molecule has 1 aliphatic rings. The smallest absolute Gasteiger partial charge is 0.405 e. The monoisotopic (exact) mass is 391 g/mol. The molecule has 2 rings (SSSR count). The Hall–Kier alpha value is -1.59. The number of nitrogens with two attached hydrogens (primary N) is 1. The van der Waals surface area contributed by atoms with E-state index in [0.29, 0.717) is 12.3 Å². The standard InChI is InChI=1S/C23H37NO4/c1-22(2,3)20-16-23(20,28-21(24)25)15-19-13-17(8-6-10-26-4)12-18(14-19)9-7-11-27-5/h12-14,20H,6-11,15-16H2,1-5H3,(H2,24,25). The maximum atomic E-state index is 11.6. The molecule has 2 N–H and O–H groups in total. The molecule has 0 saturated heterocycles. The minimum atomic E-state index is -0.677. The largest absolute Gasteiger partial charge is 0.442 e. The minimum Gasteiger partial charge on any atom is -0.442 e. The Morgan fingerprint density at radius 2 is 1.54 bits per heavy atom. The second-order valence-corrected chi connectivity index (χ2v) is 9.14. The van der Waals surface area contributed by atoms with Gasteiger partial charge in [-0.2, -0.15) is 0 Å². The first kappa shape index (κ1) is 22.7. The van der Waals surface area contributed by atoms with Crippen LogP contribution >= 0.6 is 0 Å². The molecular weight excluding hydrogens is 354 g/mol. The molecule has 1 aromatic carbocycles. The third-order valence-corrected chi connectivity index (χ3v) is 5.62. The molecule has 0 aromatic heterocycles. The van der Waals surface area contributed by atoms with Crippen molar-refractivity contribution in [2.24, 2.45) is 17.1 Å². The molecule has 1 fully saturated rings. The molecular formula is C23H37NO4. The fourth-order valence-corrected chi connectivity index (χ4v) is 4.34. The quantitative estimate of drug-likeness (QED) is 0.571. The van der Waals surface area contributed by atoms with E-state index >= 15 is 0 Å². The Balaban J connectivity index is 2.21. The summed E-state index contributed by atoms with van der Waals surface area (Å²) in [6, 6.07) is 6.78. The van der Waals surface area contributed by atoms with Gasteiger partial charge >= 0.3 is 6.09 Å². The average Bonchev–Trinajstić information content (AvgIpc) is 3.28. The second kappa shape index (κ2) is 9.75. The lowest BCUT2D eigenvalue weighted by molar-refractivity contribution is 0.0640. The van der Waals surface area contributed by atoms with Crippen LogP contribution < -0.4 is 5.73 Å². The van der Waals surface area contributed by atoms with Crippen molar-refractivity contribution in [3.8, 4) is 0 Å². The van der Waals surface area contributed by atoms with Crippen molar-refractivity contribution in [3.63, 3.8) is 0 Å². The van der Waals surface area contributed by atoms with Gasteiger partial charge in [0.2, 0.25) is 0 Å². The predicted octanol–water partition coefficient (Wildman–Crippen LogP) is 4.29. The topological polar surface area (TPSA) is 70.8 Å². The van der Waals surface area contributed by atoms with Gasteiger partial charge in [-0.25, -0.2) is 4.79 Å². The van der Waals surface area contributed by atoms with E-state index in [1.807, 2.05) is 0 Å². The van der Waals surface area contributed by atoms with Crippen LogP contribution in [0.15, 0.2) is 18.2 Å².